The van der Waals surface area contributed by atoms with Gasteiger partial charge in [-0.25, -0.2) is 9.18 Å². The third kappa shape index (κ3) is 6.07. The third-order valence-electron chi connectivity index (χ3n) is 4.23. The highest BCUT2D eigenvalue weighted by atomic mass is 19.1. The monoisotopic (exact) mass is 338 g/mol. The van der Waals surface area contributed by atoms with Crippen LogP contribution in [0.2, 0.25) is 0 Å². The molecule has 1 aromatic carbocycles. The Hall–Kier alpha value is -1.70. The number of piperazine rings is 1. The minimum Gasteiger partial charge on any atom is -0.390 e. The molecule has 0 aliphatic carbocycles. The van der Waals surface area contributed by atoms with Crippen LogP contribution in [0, 0.1) is 5.82 Å². The van der Waals surface area contributed by atoms with Gasteiger partial charge in [-0.15, -0.1) is 0 Å². The molecule has 1 aliphatic rings. The van der Waals surface area contributed by atoms with Crippen molar-refractivity contribution in [2.45, 2.75) is 12.6 Å². The van der Waals surface area contributed by atoms with E-state index >= 15 is 0 Å². The van der Waals surface area contributed by atoms with E-state index in [2.05, 4.69) is 22.2 Å². The highest BCUT2D eigenvalue weighted by Gasteiger charge is 2.19. The second kappa shape index (κ2) is 8.96. The van der Waals surface area contributed by atoms with E-state index in [9.17, 15) is 14.3 Å². The number of aliphatic hydroxyl groups is 1. The fourth-order valence-corrected chi connectivity index (χ4v) is 2.74. The first-order valence-corrected chi connectivity index (χ1v) is 8.26. The molecular weight excluding hydrogens is 311 g/mol. The quantitative estimate of drug-likeness (QED) is 0.796. The zero-order valence-corrected chi connectivity index (χ0v) is 14.4. The Morgan fingerprint density at radius 2 is 2.08 bits per heavy atom. The SMILES string of the molecule is CN1CCN(CC(O)CN(C)C(=O)NCc2cccc(F)c2)CC1. The molecule has 1 aromatic rings. The van der Waals surface area contributed by atoms with Gasteiger partial charge in [-0.3, -0.25) is 4.90 Å². The Balaban J connectivity index is 1.70. The third-order valence-corrected chi connectivity index (χ3v) is 4.23. The van der Waals surface area contributed by atoms with Crippen molar-refractivity contribution in [2.75, 3.05) is 53.4 Å². The standard InChI is InChI=1S/C17H27FN4O2/c1-20-6-8-22(9-7-20)13-16(23)12-21(2)17(24)19-11-14-4-3-5-15(18)10-14/h3-5,10,16,23H,6-9,11-13H2,1-2H3,(H,19,24). The highest BCUT2D eigenvalue weighted by molar-refractivity contribution is 5.73. The van der Waals surface area contributed by atoms with Gasteiger partial charge in [0.05, 0.1) is 6.10 Å². The van der Waals surface area contributed by atoms with E-state index in [1.807, 2.05) is 0 Å². The van der Waals surface area contributed by atoms with Crippen molar-refractivity contribution in [1.29, 1.82) is 0 Å². The van der Waals surface area contributed by atoms with Crippen molar-refractivity contribution >= 4 is 6.03 Å². The van der Waals surface area contributed by atoms with E-state index in [-0.39, 0.29) is 24.9 Å². The molecule has 0 bridgehead atoms. The summed E-state index contributed by atoms with van der Waals surface area (Å²) < 4.78 is 13.1. The fourth-order valence-electron chi connectivity index (χ4n) is 2.74. The van der Waals surface area contributed by atoms with Gasteiger partial charge in [0.25, 0.3) is 0 Å². The van der Waals surface area contributed by atoms with Gasteiger partial charge in [-0.2, -0.15) is 0 Å². The lowest BCUT2D eigenvalue weighted by atomic mass is 10.2. The van der Waals surface area contributed by atoms with Gasteiger partial charge in [-0.1, -0.05) is 12.1 Å². The number of hydrogen-bond acceptors (Lipinski definition) is 4. The number of rotatable bonds is 6. The Morgan fingerprint density at radius 3 is 2.75 bits per heavy atom. The predicted molar refractivity (Wildman–Crippen MR) is 91.2 cm³/mol. The molecule has 2 N–H and O–H groups in total. The zero-order valence-electron chi connectivity index (χ0n) is 14.4. The molecule has 1 atom stereocenters. The van der Waals surface area contributed by atoms with Crippen LogP contribution in [0.1, 0.15) is 5.56 Å². The van der Waals surface area contributed by atoms with Crippen LogP contribution in [0.3, 0.4) is 0 Å². The average molecular weight is 338 g/mol. The minimum absolute atomic E-state index is 0.259. The van der Waals surface area contributed by atoms with E-state index in [1.54, 1.807) is 19.2 Å². The largest absolute Gasteiger partial charge is 0.390 e. The van der Waals surface area contributed by atoms with Crippen molar-refractivity contribution in [3.63, 3.8) is 0 Å². The van der Waals surface area contributed by atoms with Crippen molar-refractivity contribution in [2.24, 2.45) is 0 Å². The van der Waals surface area contributed by atoms with E-state index in [0.717, 1.165) is 26.2 Å². The number of carbonyl (C=O) groups is 1. The van der Waals surface area contributed by atoms with E-state index in [1.165, 1.54) is 17.0 Å². The maximum atomic E-state index is 13.1. The smallest absolute Gasteiger partial charge is 0.317 e. The van der Waals surface area contributed by atoms with Crippen LogP contribution in [0.4, 0.5) is 9.18 Å². The van der Waals surface area contributed by atoms with E-state index in [0.29, 0.717) is 12.1 Å². The second-order valence-electron chi connectivity index (χ2n) is 6.43. The number of aliphatic hydroxyl groups excluding tert-OH is 1. The van der Waals surface area contributed by atoms with Gasteiger partial charge in [0, 0.05) is 52.9 Å². The van der Waals surface area contributed by atoms with Crippen molar-refractivity contribution in [3.8, 4) is 0 Å². The number of nitrogens with one attached hydrogen (secondary N) is 1. The van der Waals surface area contributed by atoms with Crippen LogP contribution in [0.25, 0.3) is 0 Å². The summed E-state index contributed by atoms with van der Waals surface area (Å²) in [6, 6.07) is 5.84. The van der Waals surface area contributed by atoms with Crippen molar-refractivity contribution in [1.82, 2.24) is 20.0 Å². The summed E-state index contributed by atoms with van der Waals surface area (Å²) in [6.07, 6.45) is -0.585. The zero-order chi connectivity index (χ0) is 17.5. The lowest BCUT2D eigenvalue weighted by Gasteiger charge is -2.34. The first kappa shape index (κ1) is 18.6. The Labute approximate surface area is 142 Å². The number of amides is 2. The number of halogens is 1. The molecule has 134 valence electrons. The van der Waals surface area contributed by atoms with Crippen LogP contribution in [-0.2, 0) is 6.54 Å². The Morgan fingerprint density at radius 1 is 1.38 bits per heavy atom. The summed E-state index contributed by atoms with van der Waals surface area (Å²) in [7, 11) is 3.73. The first-order valence-electron chi connectivity index (χ1n) is 8.26. The van der Waals surface area contributed by atoms with Gasteiger partial charge in [0.2, 0.25) is 0 Å². The lowest BCUT2D eigenvalue weighted by Crippen LogP contribution is -2.49. The fraction of sp³-hybridized carbons (Fsp3) is 0.588. The van der Waals surface area contributed by atoms with Crippen LogP contribution in [-0.4, -0.2) is 85.3 Å². The average Bonchev–Trinajstić information content (AvgIpc) is 2.54. The molecule has 0 radical (unpaired) electrons. The van der Waals surface area contributed by atoms with E-state index in [4.69, 9.17) is 0 Å². The molecule has 1 saturated heterocycles. The summed E-state index contributed by atoms with van der Waals surface area (Å²) in [4.78, 5) is 18.0. The molecule has 0 spiro atoms. The summed E-state index contributed by atoms with van der Waals surface area (Å²) in [6.45, 7) is 4.95. The maximum absolute atomic E-state index is 13.1. The normalized spacial score (nSPS) is 17.5. The van der Waals surface area contributed by atoms with Crippen molar-refractivity contribution < 1.29 is 14.3 Å². The van der Waals surface area contributed by atoms with Gasteiger partial charge < -0.3 is 20.2 Å². The number of benzene rings is 1. The molecule has 2 rings (SSSR count). The van der Waals surface area contributed by atoms with Gasteiger partial charge >= 0.3 is 6.03 Å². The number of likely N-dealkylation sites (N-methyl/N-ethyl adjacent to an activating group) is 2. The predicted octanol–water partition coefficient (Wildman–Crippen LogP) is 0.575. The number of urea groups is 1. The van der Waals surface area contributed by atoms with Gasteiger partial charge in [0.1, 0.15) is 5.82 Å². The van der Waals surface area contributed by atoms with Crippen LogP contribution >= 0.6 is 0 Å². The molecule has 24 heavy (non-hydrogen) atoms. The first-order chi connectivity index (χ1) is 11.4. The maximum Gasteiger partial charge on any atom is 0.317 e. The second-order valence-corrected chi connectivity index (χ2v) is 6.43. The molecule has 1 aliphatic heterocycles. The number of nitrogens with zero attached hydrogens (tertiary/aromatic N) is 3. The van der Waals surface area contributed by atoms with Crippen molar-refractivity contribution in [3.05, 3.63) is 35.6 Å². The summed E-state index contributed by atoms with van der Waals surface area (Å²) in [5.74, 6) is -0.322. The minimum atomic E-state index is -0.585. The molecular formula is C17H27FN4O2. The van der Waals surface area contributed by atoms with Gasteiger partial charge in [0.15, 0.2) is 0 Å². The molecule has 0 aromatic heterocycles. The number of β-amino-alcohol motifs (C(OH)–C–C–N with tert-alkyl or cyclic N) is 1. The van der Waals surface area contributed by atoms with Crippen LogP contribution in [0.5, 0.6) is 0 Å². The Bertz CT molecular complexity index is 535. The lowest BCUT2D eigenvalue weighted by molar-refractivity contribution is 0.0658. The molecule has 0 saturated carbocycles. The van der Waals surface area contributed by atoms with Crippen LogP contribution in [0.15, 0.2) is 24.3 Å². The number of carbonyl (C=O) groups excluding carboxylic acids is 1. The molecule has 7 heteroatoms. The van der Waals surface area contributed by atoms with Crippen LogP contribution < -0.4 is 5.32 Å². The molecule has 1 fully saturated rings. The van der Waals surface area contributed by atoms with Gasteiger partial charge in [-0.05, 0) is 24.7 Å². The summed E-state index contributed by atoms with van der Waals surface area (Å²) >= 11 is 0. The molecule has 1 heterocycles. The summed E-state index contributed by atoms with van der Waals surface area (Å²) in [5, 5.41) is 12.9. The molecule has 6 nitrogen and oxygen atoms in total. The number of hydrogen-bond donors (Lipinski definition) is 2. The molecule has 2 amide bonds. The molecule has 1 unspecified atom stereocenters. The van der Waals surface area contributed by atoms with E-state index < -0.39 is 6.10 Å². The topological polar surface area (TPSA) is 59.1 Å². The highest BCUT2D eigenvalue weighted by Crippen LogP contribution is 2.04. The Kier molecular flexibility index (Phi) is 6.96. The summed E-state index contributed by atoms with van der Waals surface area (Å²) in [5.41, 5.74) is 0.703.